The van der Waals surface area contributed by atoms with E-state index in [-0.39, 0.29) is 25.0 Å². The number of benzene rings is 2. The third kappa shape index (κ3) is 5.88. The first-order chi connectivity index (χ1) is 16.4. The summed E-state index contributed by atoms with van der Waals surface area (Å²) in [5.74, 6) is -0.318. The molecule has 34 heavy (non-hydrogen) atoms. The van der Waals surface area contributed by atoms with E-state index >= 15 is 0 Å². The highest BCUT2D eigenvalue weighted by Gasteiger charge is 2.30. The number of nitrogens with zero attached hydrogens (tertiary/aromatic N) is 3. The molecule has 0 amide bonds. The van der Waals surface area contributed by atoms with Gasteiger partial charge in [-0.05, 0) is 29.8 Å². The molecule has 8 nitrogen and oxygen atoms in total. The van der Waals surface area contributed by atoms with Crippen molar-refractivity contribution in [2.75, 3.05) is 57.5 Å². The Labute approximate surface area is 208 Å². The fraction of sp³-hybridized carbons (Fsp3) is 0.375. The number of ether oxygens (including phenoxy) is 1. The van der Waals surface area contributed by atoms with Gasteiger partial charge in [-0.3, -0.25) is 4.90 Å². The number of piperazine rings is 1. The monoisotopic (exact) mass is 506 g/mol. The highest BCUT2D eigenvalue weighted by molar-refractivity contribution is 6.33. The van der Waals surface area contributed by atoms with Crippen LogP contribution in [0, 0.1) is 0 Å². The van der Waals surface area contributed by atoms with Crippen LogP contribution in [0.4, 0.5) is 5.69 Å². The number of nitrogens with one attached hydrogen (secondary N) is 1. The maximum absolute atomic E-state index is 11.1. The minimum absolute atomic E-state index is 0.0547. The number of rotatable bonds is 9. The average Bonchev–Trinajstić information content (AvgIpc) is 3.32. The van der Waals surface area contributed by atoms with Crippen molar-refractivity contribution < 1.29 is 19.7 Å². The second kappa shape index (κ2) is 11.2. The number of carbonyl (C=O) groups is 1. The minimum Gasteiger partial charge on any atom is -0.491 e. The van der Waals surface area contributed by atoms with Crippen LogP contribution in [0.1, 0.15) is 11.6 Å². The molecular weight excluding hydrogens is 479 g/mol. The van der Waals surface area contributed by atoms with Gasteiger partial charge >= 0.3 is 5.97 Å². The maximum Gasteiger partial charge on any atom is 0.353 e. The number of aliphatic hydroxyl groups excluding tert-OH is 1. The van der Waals surface area contributed by atoms with Crippen molar-refractivity contribution >= 4 is 34.9 Å². The van der Waals surface area contributed by atoms with Crippen LogP contribution in [0.2, 0.25) is 10.0 Å². The summed E-state index contributed by atoms with van der Waals surface area (Å²) >= 11 is 12.8. The van der Waals surface area contributed by atoms with Crippen molar-refractivity contribution in [3.05, 3.63) is 70.0 Å². The van der Waals surface area contributed by atoms with E-state index in [1.54, 1.807) is 12.3 Å². The normalized spacial score (nSPS) is 18.6. The van der Waals surface area contributed by atoms with Crippen molar-refractivity contribution in [1.29, 1.82) is 0 Å². The maximum atomic E-state index is 11.1. The fourth-order valence-corrected chi connectivity index (χ4v) is 4.68. The molecule has 1 unspecified atom stereocenters. The Morgan fingerprint density at radius 3 is 2.59 bits per heavy atom. The average molecular weight is 507 g/mol. The lowest BCUT2D eigenvalue weighted by Crippen LogP contribution is -2.50. The Hall–Kier alpha value is -2.65. The molecule has 1 fully saturated rings. The van der Waals surface area contributed by atoms with Crippen LogP contribution in [0.3, 0.4) is 0 Å². The van der Waals surface area contributed by atoms with Crippen LogP contribution in [0.5, 0.6) is 5.75 Å². The van der Waals surface area contributed by atoms with Crippen molar-refractivity contribution in [1.82, 2.24) is 15.1 Å². The number of hydrogen-bond acceptors (Lipinski definition) is 7. The van der Waals surface area contributed by atoms with E-state index in [0.29, 0.717) is 22.5 Å². The fourth-order valence-electron chi connectivity index (χ4n) is 4.28. The summed E-state index contributed by atoms with van der Waals surface area (Å²) in [6.45, 7) is 4.62. The molecule has 0 spiro atoms. The lowest BCUT2D eigenvalue weighted by Gasteiger charge is -2.43. The lowest BCUT2D eigenvalue weighted by atomic mass is 10.0. The van der Waals surface area contributed by atoms with Crippen molar-refractivity contribution in [3.63, 3.8) is 0 Å². The van der Waals surface area contributed by atoms with Crippen LogP contribution in [-0.2, 0) is 4.79 Å². The molecule has 2 heterocycles. The van der Waals surface area contributed by atoms with Gasteiger partial charge < -0.3 is 30.1 Å². The molecule has 4 rings (SSSR count). The zero-order valence-electron chi connectivity index (χ0n) is 18.7. The van der Waals surface area contributed by atoms with Gasteiger partial charge in [0.2, 0.25) is 0 Å². The van der Waals surface area contributed by atoms with E-state index < -0.39 is 5.97 Å². The number of halogens is 2. The molecule has 0 radical (unpaired) electrons. The van der Waals surface area contributed by atoms with Crippen LogP contribution >= 0.6 is 23.2 Å². The second-order valence-electron chi connectivity index (χ2n) is 8.24. The largest absolute Gasteiger partial charge is 0.491 e. The number of anilines is 1. The van der Waals surface area contributed by atoms with Gasteiger partial charge in [0.25, 0.3) is 0 Å². The Bertz CT molecular complexity index is 1030. The van der Waals surface area contributed by atoms with Gasteiger partial charge in [-0.1, -0.05) is 35.3 Å². The first-order valence-electron chi connectivity index (χ1n) is 11.2. The Kier molecular flexibility index (Phi) is 8.05. The molecule has 1 atom stereocenters. The smallest absolute Gasteiger partial charge is 0.353 e. The zero-order valence-corrected chi connectivity index (χ0v) is 20.2. The summed E-state index contributed by atoms with van der Waals surface area (Å²) in [4.78, 5) is 17.8. The number of aliphatic carboxylic acids is 1. The third-order valence-corrected chi connectivity index (χ3v) is 6.58. The highest BCUT2D eigenvalue weighted by Crippen LogP contribution is 2.37. The van der Waals surface area contributed by atoms with E-state index in [1.807, 2.05) is 41.3 Å². The Balaban J connectivity index is 1.49. The molecule has 0 saturated carbocycles. The SMILES string of the molecule is O=C(O)C1=CN(CCN2CCN(c3ccc(OCCO)cc3Cl)C(c3ccc(Cl)cc3)C2)CN1. The predicted molar refractivity (Wildman–Crippen MR) is 132 cm³/mol. The summed E-state index contributed by atoms with van der Waals surface area (Å²) in [6.07, 6.45) is 1.66. The van der Waals surface area contributed by atoms with E-state index in [0.717, 1.165) is 44.0 Å². The molecule has 2 aromatic rings. The summed E-state index contributed by atoms with van der Waals surface area (Å²) < 4.78 is 5.50. The topological polar surface area (TPSA) is 88.5 Å². The minimum atomic E-state index is -0.941. The van der Waals surface area contributed by atoms with Crippen molar-refractivity contribution in [2.45, 2.75) is 6.04 Å². The van der Waals surface area contributed by atoms with E-state index in [1.165, 1.54) is 0 Å². The van der Waals surface area contributed by atoms with Crippen LogP contribution in [0.15, 0.2) is 54.4 Å². The third-order valence-electron chi connectivity index (χ3n) is 6.03. The summed E-state index contributed by atoms with van der Waals surface area (Å²) in [6, 6.07) is 13.6. The molecule has 182 valence electrons. The quantitative estimate of drug-likeness (QED) is 0.478. The molecule has 3 N–H and O–H groups in total. The summed E-state index contributed by atoms with van der Waals surface area (Å²) in [5, 5.41) is 22.3. The number of carboxylic acids is 1. The van der Waals surface area contributed by atoms with E-state index in [2.05, 4.69) is 15.1 Å². The first kappa shape index (κ1) is 24.5. The summed E-state index contributed by atoms with van der Waals surface area (Å²) in [7, 11) is 0. The van der Waals surface area contributed by atoms with Crippen LogP contribution in [-0.4, -0.2) is 78.6 Å². The molecular formula is C24H28Cl2N4O4. The van der Waals surface area contributed by atoms with Crippen LogP contribution in [0.25, 0.3) is 0 Å². The molecule has 0 aromatic heterocycles. The van der Waals surface area contributed by atoms with E-state index in [9.17, 15) is 4.79 Å². The van der Waals surface area contributed by atoms with Gasteiger partial charge in [0.15, 0.2) is 0 Å². The lowest BCUT2D eigenvalue weighted by molar-refractivity contribution is -0.133. The van der Waals surface area contributed by atoms with Gasteiger partial charge in [-0.25, -0.2) is 4.79 Å². The Morgan fingerprint density at radius 2 is 1.91 bits per heavy atom. The second-order valence-corrected chi connectivity index (χ2v) is 9.09. The highest BCUT2D eigenvalue weighted by atomic mass is 35.5. The van der Waals surface area contributed by atoms with Gasteiger partial charge in [0.05, 0.1) is 30.0 Å². The molecule has 0 bridgehead atoms. The Morgan fingerprint density at radius 1 is 1.12 bits per heavy atom. The number of hydrogen-bond donors (Lipinski definition) is 3. The van der Waals surface area contributed by atoms with Gasteiger partial charge in [-0.15, -0.1) is 0 Å². The van der Waals surface area contributed by atoms with Crippen LogP contribution < -0.4 is 15.0 Å². The standard InChI is InChI=1S/C24H28Cl2N4O4/c25-18-3-1-17(2-4-18)23-15-28(7-8-29-14-21(24(32)33)27-16-29)9-10-30(23)22-6-5-19(13-20(22)26)34-12-11-31/h1-6,13-14,23,27,31H,7-12,15-16H2,(H,32,33). The molecule has 0 aliphatic carbocycles. The molecule has 1 saturated heterocycles. The predicted octanol–water partition coefficient (Wildman–Crippen LogP) is 3.02. The van der Waals surface area contributed by atoms with Gasteiger partial charge in [-0.2, -0.15) is 0 Å². The first-order valence-corrected chi connectivity index (χ1v) is 11.9. The molecule has 2 aromatic carbocycles. The van der Waals surface area contributed by atoms with E-state index in [4.69, 9.17) is 38.2 Å². The zero-order chi connectivity index (χ0) is 24.1. The number of aliphatic hydroxyl groups is 1. The van der Waals surface area contributed by atoms with Gasteiger partial charge in [0.1, 0.15) is 18.1 Å². The molecule has 2 aliphatic heterocycles. The summed E-state index contributed by atoms with van der Waals surface area (Å²) in [5.41, 5.74) is 2.29. The molecule has 10 heteroatoms. The number of carboxylic acid groups (broad SMARTS) is 1. The van der Waals surface area contributed by atoms with Crippen molar-refractivity contribution in [2.24, 2.45) is 0 Å². The van der Waals surface area contributed by atoms with Crippen molar-refractivity contribution in [3.8, 4) is 5.75 Å². The molecule has 2 aliphatic rings. The van der Waals surface area contributed by atoms with Gasteiger partial charge in [0, 0.05) is 50.0 Å².